The van der Waals surface area contributed by atoms with Crippen LogP contribution in [0, 0.1) is 5.41 Å². The molecule has 1 saturated heterocycles. The van der Waals surface area contributed by atoms with Gasteiger partial charge >= 0.3 is 0 Å². The number of guanidine groups is 1. The van der Waals surface area contributed by atoms with E-state index in [1.807, 2.05) is 11.9 Å². The van der Waals surface area contributed by atoms with Crippen LogP contribution in [0.5, 0.6) is 0 Å². The zero-order chi connectivity index (χ0) is 15.7. The molecule has 22 heavy (non-hydrogen) atoms. The van der Waals surface area contributed by atoms with Crippen LogP contribution >= 0.6 is 0 Å². The highest BCUT2D eigenvalue weighted by Gasteiger charge is 2.46. The van der Waals surface area contributed by atoms with E-state index in [4.69, 9.17) is 4.42 Å². The number of nitrogens with one attached hydrogen (secondary N) is 1. The number of aliphatic imine (C=N–C) groups is 1. The van der Waals surface area contributed by atoms with Crippen molar-refractivity contribution in [1.29, 1.82) is 0 Å². The molecule has 0 aromatic carbocycles. The van der Waals surface area contributed by atoms with Crippen LogP contribution in [0.1, 0.15) is 30.8 Å². The Kier molecular flexibility index (Phi) is 3.85. The number of carbonyl (C=O) groups is 1. The lowest BCUT2D eigenvalue weighted by molar-refractivity contribution is 0.0657. The van der Waals surface area contributed by atoms with Gasteiger partial charge in [-0.15, -0.1) is 0 Å². The zero-order valence-electron chi connectivity index (χ0n) is 13.5. The van der Waals surface area contributed by atoms with E-state index in [0.29, 0.717) is 30.3 Å². The molecule has 6 heteroatoms. The summed E-state index contributed by atoms with van der Waals surface area (Å²) < 4.78 is 5.19. The Labute approximate surface area is 131 Å². The number of piperazine rings is 1. The van der Waals surface area contributed by atoms with Gasteiger partial charge in [0, 0.05) is 39.3 Å². The standard InChI is InChI=1S/C16H24N4O2/c1-16(2)11-13(16)18-15(17-3)20-8-6-19(7-9-20)14(21)12-5-4-10-22-12/h4-5,10,13H,6-9,11H2,1-3H3,(H,17,18). The maximum atomic E-state index is 12.2. The predicted octanol–water partition coefficient (Wildman–Crippen LogP) is 1.41. The fourth-order valence-corrected chi connectivity index (χ4v) is 2.84. The van der Waals surface area contributed by atoms with Gasteiger partial charge in [-0.2, -0.15) is 0 Å². The maximum Gasteiger partial charge on any atom is 0.289 e. The van der Waals surface area contributed by atoms with Gasteiger partial charge in [-0.3, -0.25) is 9.79 Å². The molecule has 6 nitrogen and oxygen atoms in total. The average Bonchev–Trinajstić information content (AvgIpc) is 2.94. The number of nitrogens with zero attached hydrogens (tertiary/aromatic N) is 3. The summed E-state index contributed by atoms with van der Waals surface area (Å²) in [4.78, 5) is 20.7. The second-order valence-corrected chi connectivity index (χ2v) is 6.69. The Morgan fingerprint density at radius 3 is 2.45 bits per heavy atom. The van der Waals surface area contributed by atoms with Gasteiger partial charge in [-0.25, -0.2) is 0 Å². The van der Waals surface area contributed by atoms with Gasteiger partial charge in [0.1, 0.15) is 0 Å². The molecular formula is C16H24N4O2. The number of furan rings is 1. The first-order valence-corrected chi connectivity index (χ1v) is 7.82. The lowest BCUT2D eigenvalue weighted by Gasteiger charge is -2.36. The molecule has 1 aliphatic heterocycles. The average molecular weight is 304 g/mol. The van der Waals surface area contributed by atoms with Gasteiger partial charge in [0.25, 0.3) is 5.91 Å². The third kappa shape index (κ3) is 2.96. The smallest absolute Gasteiger partial charge is 0.289 e. The van der Waals surface area contributed by atoms with Crippen molar-refractivity contribution in [3.63, 3.8) is 0 Å². The van der Waals surface area contributed by atoms with Gasteiger partial charge in [-0.1, -0.05) is 13.8 Å². The van der Waals surface area contributed by atoms with Crippen molar-refractivity contribution in [2.24, 2.45) is 10.4 Å². The van der Waals surface area contributed by atoms with Crippen LogP contribution in [-0.4, -0.2) is 60.9 Å². The van der Waals surface area contributed by atoms with Crippen LogP contribution in [0.4, 0.5) is 0 Å². The summed E-state index contributed by atoms with van der Waals surface area (Å²) in [6.07, 6.45) is 2.72. The predicted molar refractivity (Wildman–Crippen MR) is 84.9 cm³/mol. The molecule has 1 amide bonds. The second-order valence-electron chi connectivity index (χ2n) is 6.69. The Morgan fingerprint density at radius 2 is 1.95 bits per heavy atom. The monoisotopic (exact) mass is 304 g/mol. The molecule has 2 aliphatic rings. The normalized spacial score (nSPS) is 24.3. The van der Waals surface area contributed by atoms with E-state index >= 15 is 0 Å². The molecule has 3 rings (SSSR count). The highest BCUT2D eigenvalue weighted by atomic mass is 16.3. The Morgan fingerprint density at radius 1 is 1.32 bits per heavy atom. The van der Waals surface area contributed by atoms with Gasteiger partial charge < -0.3 is 19.5 Å². The van der Waals surface area contributed by atoms with Crippen molar-refractivity contribution in [1.82, 2.24) is 15.1 Å². The topological polar surface area (TPSA) is 61.1 Å². The van der Waals surface area contributed by atoms with E-state index < -0.39 is 0 Å². The first-order valence-electron chi connectivity index (χ1n) is 7.82. The molecule has 1 aromatic heterocycles. The molecule has 0 spiro atoms. The minimum Gasteiger partial charge on any atom is -0.459 e. The van der Waals surface area contributed by atoms with Crippen molar-refractivity contribution in [2.45, 2.75) is 26.3 Å². The third-order valence-electron chi connectivity index (χ3n) is 4.63. The Balaban J connectivity index is 1.53. The summed E-state index contributed by atoms with van der Waals surface area (Å²) in [6, 6.07) is 3.96. The first kappa shape index (κ1) is 14.9. The fraction of sp³-hybridized carbons (Fsp3) is 0.625. The number of hydrogen-bond acceptors (Lipinski definition) is 3. The second kappa shape index (κ2) is 5.66. The third-order valence-corrected chi connectivity index (χ3v) is 4.63. The van der Waals surface area contributed by atoms with Crippen LogP contribution in [0.3, 0.4) is 0 Å². The Bertz CT molecular complexity index is 557. The van der Waals surface area contributed by atoms with E-state index in [1.54, 1.807) is 12.1 Å². The number of carbonyl (C=O) groups excluding carboxylic acids is 1. The quantitative estimate of drug-likeness (QED) is 0.663. The lowest BCUT2D eigenvalue weighted by Crippen LogP contribution is -2.54. The van der Waals surface area contributed by atoms with E-state index in [1.165, 1.54) is 12.7 Å². The largest absolute Gasteiger partial charge is 0.459 e. The minimum absolute atomic E-state index is 0.0316. The molecule has 0 bridgehead atoms. The van der Waals surface area contributed by atoms with Crippen LogP contribution in [0.15, 0.2) is 27.8 Å². The summed E-state index contributed by atoms with van der Waals surface area (Å²) in [5, 5.41) is 3.53. The Hall–Kier alpha value is -1.98. The van der Waals surface area contributed by atoms with Gasteiger partial charge in [0.15, 0.2) is 11.7 Å². The van der Waals surface area contributed by atoms with E-state index in [-0.39, 0.29) is 5.91 Å². The summed E-state index contributed by atoms with van der Waals surface area (Å²) >= 11 is 0. The summed E-state index contributed by atoms with van der Waals surface area (Å²) in [5.74, 6) is 1.33. The van der Waals surface area contributed by atoms with Gasteiger partial charge in [-0.05, 0) is 24.0 Å². The van der Waals surface area contributed by atoms with Crippen molar-refractivity contribution in [2.75, 3.05) is 33.2 Å². The summed E-state index contributed by atoms with van der Waals surface area (Å²) in [5.41, 5.74) is 0.368. The molecule has 120 valence electrons. The van der Waals surface area contributed by atoms with E-state index in [0.717, 1.165) is 19.0 Å². The highest BCUT2D eigenvalue weighted by Crippen LogP contribution is 2.44. The zero-order valence-corrected chi connectivity index (χ0v) is 13.5. The summed E-state index contributed by atoms with van der Waals surface area (Å²) in [7, 11) is 1.82. The first-order chi connectivity index (χ1) is 10.5. The molecule has 1 saturated carbocycles. The molecule has 2 fully saturated rings. The van der Waals surface area contributed by atoms with Crippen LogP contribution < -0.4 is 5.32 Å². The number of hydrogen-bond donors (Lipinski definition) is 1. The van der Waals surface area contributed by atoms with E-state index in [2.05, 4.69) is 29.1 Å². The maximum absolute atomic E-state index is 12.2. The molecule has 1 N–H and O–H groups in total. The fourth-order valence-electron chi connectivity index (χ4n) is 2.84. The molecule has 1 aromatic rings. The SMILES string of the molecule is CN=C(NC1CC1(C)C)N1CCN(C(=O)c2ccco2)CC1. The molecule has 2 heterocycles. The molecular weight excluding hydrogens is 280 g/mol. The molecule has 1 aliphatic carbocycles. The number of rotatable bonds is 2. The van der Waals surface area contributed by atoms with Crippen molar-refractivity contribution in [3.05, 3.63) is 24.2 Å². The molecule has 0 radical (unpaired) electrons. The lowest BCUT2D eigenvalue weighted by atomic mass is 10.2. The number of amides is 1. The van der Waals surface area contributed by atoms with Crippen molar-refractivity contribution in [3.8, 4) is 0 Å². The van der Waals surface area contributed by atoms with Crippen LogP contribution in [0.25, 0.3) is 0 Å². The molecule has 1 unspecified atom stereocenters. The van der Waals surface area contributed by atoms with Crippen LogP contribution in [0.2, 0.25) is 0 Å². The van der Waals surface area contributed by atoms with E-state index in [9.17, 15) is 4.79 Å². The highest BCUT2D eigenvalue weighted by molar-refractivity contribution is 5.91. The summed E-state index contributed by atoms with van der Waals surface area (Å²) in [6.45, 7) is 7.48. The van der Waals surface area contributed by atoms with Gasteiger partial charge in [0.2, 0.25) is 0 Å². The van der Waals surface area contributed by atoms with Crippen molar-refractivity contribution >= 4 is 11.9 Å². The molecule has 1 atom stereocenters. The van der Waals surface area contributed by atoms with Crippen molar-refractivity contribution < 1.29 is 9.21 Å². The minimum atomic E-state index is -0.0316. The van der Waals surface area contributed by atoms with Gasteiger partial charge in [0.05, 0.1) is 6.26 Å². The van der Waals surface area contributed by atoms with Crippen LogP contribution in [-0.2, 0) is 0 Å².